The Balaban J connectivity index is 2.26. The van der Waals surface area contributed by atoms with Crippen molar-refractivity contribution in [2.24, 2.45) is 0 Å². The summed E-state index contributed by atoms with van der Waals surface area (Å²) in [4.78, 5) is 12.4. The molecule has 0 amide bonds. The minimum atomic E-state index is 0.0738. The van der Waals surface area contributed by atoms with Gasteiger partial charge in [-0.1, -0.05) is 23.8 Å². The van der Waals surface area contributed by atoms with Crippen molar-refractivity contribution in [3.63, 3.8) is 0 Å². The van der Waals surface area contributed by atoms with Gasteiger partial charge >= 0.3 is 0 Å². The summed E-state index contributed by atoms with van der Waals surface area (Å²) in [6.45, 7) is 4.06. The Kier molecular flexibility index (Phi) is 4.63. The van der Waals surface area contributed by atoms with Crippen LogP contribution >= 0.6 is 0 Å². The molecule has 0 heterocycles. The fourth-order valence-corrected chi connectivity index (χ4v) is 2.28. The van der Waals surface area contributed by atoms with E-state index in [1.54, 1.807) is 32.4 Å². The lowest BCUT2D eigenvalue weighted by atomic mass is 9.97. The first-order valence-corrected chi connectivity index (χ1v) is 6.86. The van der Waals surface area contributed by atoms with Crippen LogP contribution in [0.5, 0.6) is 11.5 Å². The lowest BCUT2D eigenvalue weighted by Crippen LogP contribution is -2.06. The van der Waals surface area contributed by atoms with Crippen LogP contribution in [0.1, 0.15) is 27.0 Å². The van der Waals surface area contributed by atoms with Gasteiger partial charge < -0.3 is 9.47 Å². The molecule has 0 saturated heterocycles. The summed E-state index contributed by atoms with van der Waals surface area (Å²) in [5.74, 6) is 1.27. The normalized spacial score (nSPS) is 10.3. The van der Waals surface area contributed by atoms with Crippen molar-refractivity contribution in [2.75, 3.05) is 14.2 Å². The zero-order chi connectivity index (χ0) is 15.4. The van der Waals surface area contributed by atoms with Gasteiger partial charge in [0.05, 0.1) is 14.2 Å². The highest BCUT2D eigenvalue weighted by Crippen LogP contribution is 2.28. The van der Waals surface area contributed by atoms with Crippen LogP contribution in [0.15, 0.2) is 36.4 Å². The Labute approximate surface area is 125 Å². The fourth-order valence-electron chi connectivity index (χ4n) is 2.28. The van der Waals surface area contributed by atoms with E-state index in [9.17, 15) is 4.79 Å². The van der Waals surface area contributed by atoms with Crippen LogP contribution in [-0.2, 0) is 6.42 Å². The first-order valence-electron chi connectivity index (χ1n) is 6.86. The number of benzene rings is 2. The van der Waals surface area contributed by atoms with Gasteiger partial charge in [-0.05, 0) is 43.2 Å². The molecule has 0 fully saturated rings. The summed E-state index contributed by atoms with van der Waals surface area (Å²) in [5.41, 5.74) is 3.99. The van der Waals surface area contributed by atoms with Crippen molar-refractivity contribution in [3.05, 3.63) is 58.7 Å². The van der Waals surface area contributed by atoms with Crippen LogP contribution in [0.3, 0.4) is 0 Å². The first kappa shape index (κ1) is 15.1. The van der Waals surface area contributed by atoms with Crippen LogP contribution in [-0.4, -0.2) is 20.0 Å². The van der Waals surface area contributed by atoms with Crippen LogP contribution in [0.4, 0.5) is 0 Å². The van der Waals surface area contributed by atoms with E-state index in [0.29, 0.717) is 23.5 Å². The topological polar surface area (TPSA) is 35.5 Å². The third kappa shape index (κ3) is 3.43. The Morgan fingerprint density at radius 2 is 1.67 bits per heavy atom. The van der Waals surface area contributed by atoms with Gasteiger partial charge in [0.1, 0.15) is 0 Å². The average molecular weight is 284 g/mol. The maximum Gasteiger partial charge on any atom is 0.167 e. The summed E-state index contributed by atoms with van der Waals surface area (Å²) >= 11 is 0. The highest BCUT2D eigenvalue weighted by molar-refractivity contribution is 5.98. The second-order valence-corrected chi connectivity index (χ2v) is 5.10. The molecule has 3 nitrogen and oxygen atoms in total. The highest BCUT2D eigenvalue weighted by atomic mass is 16.5. The second kappa shape index (κ2) is 6.44. The van der Waals surface area contributed by atoms with E-state index in [-0.39, 0.29) is 5.78 Å². The highest BCUT2D eigenvalue weighted by Gasteiger charge is 2.12. The minimum Gasteiger partial charge on any atom is -0.493 e. The van der Waals surface area contributed by atoms with E-state index in [1.165, 1.54) is 0 Å². The zero-order valence-electron chi connectivity index (χ0n) is 12.9. The molecule has 0 aliphatic heterocycles. The molecule has 21 heavy (non-hydrogen) atoms. The first-order chi connectivity index (χ1) is 10.0. The number of ether oxygens (including phenoxy) is 2. The molecule has 2 rings (SSSR count). The number of carbonyl (C=O) groups excluding carboxylic acids is 1. The molecule has 0 saturated carbocycles. The van der Waals surface area contributed by atoms with E-state index >= 15 is 0 Å². The molecule has 0 radical (unpaired) electrons. The minimum absolute atomic E-state index is 0.0738. The van der Waals surface area contributed by atoms with Gasteiger partial charge in [-0.15, -0.1) is 0 Å². The lowest BCUT2D eigenvalue weighted by Gasteiger charge is -2.10. The number of rotatable bonds is 5. The van der Waals surface area contributed by atoms with Gasteiger partial charge in [0, 0.05) is 12.0 Å². The largest absolute Gasteiger partial charge is 0.493 e. The summed E-state index contributed by atoms with van der Waals surface area (Å²) in [7, 11) is 3.15. The third-order valence-electron chi connectivity index (χ3n) is 3.56. The van der Waals surface area contributed by atoms with Crippen LogP contribution in [0, 0.1) is 13.8 Å². The van der Waals surface area contributed by atoms with Gasteiger partial charge in [0.15, 0.2) is 17.3 Å². The number of hydrogen-bond acceptors (Lipinski definition) is 3. The number of ketones is 1. The molecule has 0 N–H and O–H groups in total. The van der Waals surface area contributed by atoms with E-state index in [1.807, 2.05) is 19.9 Å². The van der Waals surface area contributed by atoms with E-state index in [4.69, 9.17) is 9.47 Å². The maximum atomic E-state index is 12.4. The summed E-state index contributed by atoms with van der Waals surface area (Å²) < 4.78 is 10.4. The lowest BCUT2D eigenvalue weighted by molar-refractivity contribution is 0.0992. The van der Waals surface area contributed by atoms with Crippen molar-refractivity contribution >= 4 is 5.78 Å². The van der Waals surface area contributed by atoms with Crippen molar-refractivity contribution in [1.29, 1.82) is 0 Å². The fraction of sp³-hybridized carbons (Fsp3) is 0.278. The molecule has 0 aliphatic carbocycles. The average Bonchev–Trinajstić information content (AvgIpc) is 2.50. The molecule has 0 unspecified atom stereocenters. The zero-order valence-corrected chi connectivity index (χ0v) is 12.9. The van der Waals surface area contributed by atoms with E-state index in [0.717, 1.165) is 16.7 Å². The SMILES string of the molecule is COc1ccc(C(=O)Cc2cc(C)ccc2C)cc1OC. The quantitative estimate of drug-likeness (QED) is 0.784. The van der Waals surface area contributed by atoms with Crippen molar-refractivity contribution in [3.8, 4) is 11.5 Å². The molecule has 0 aliphatic rings. The number of carbonyl (C=O) groups is 1. The molecular formula is C18H20O3. The van der Waals surface area contributed by atoms with Gasteiger partial charge in [-0.3, -0.25) is 4.79 Å². The van der Waals surface area contributed by atoms with Gasteiger partial charge in [0.25, 0.3) is 0 Å². The second-order valence-electron chi connectivity index (χ2n) is 5.10. The number of hydrogen-bond donors (Lipinski definition) is 0. The molecule has 2 aromatic carbocycles. The Bertz CT molecular complexity index is 660. The molecular weight excluding hydrogens is 264 g/mol. The molecule has 2 aromatic rings. The standard InChI is InChI=1S/C18H20O3/c1-12-5-6-13(2)15(9-12)10-16(19)14-7-8-17(20-3)18(11-14)21-4/h5-9,11H,10H2,1-4H3. The van der Waals surface area contributed by atoms with Crippen LogP contribution in [0.25, 0.3) is 0 Å². The van der Waals surface area contributed by atoms with E-state index < -0.39 is 0 Å². The van der Waals surface area contributed by atoms with Crippen molar-refractivity contribution < 1.29 is 14.3 Å². The van der Waals surface area contributed by atoms with E-state index in [2.05, 4.69) is 12.1 Å². The summed E-state index contributed by atoms with van der Waals surface area (Å²) in [6, 6.07) is 11.4. The number of aryl methyl sites for hydroxylation is 2. The molecule has 3 heteroatoms. The molecule has 0 spiro atoms. The van der Waals surface area contributed by atoms with Crippen molar-refractivity contribution in [2.45, 2.75) is 20.3 Å². The maximum absolute atomic E-state index is 12.4. The number of methoxy groups -OCH3 is 2. The van der Waals surface area contributed by atoms with Crippen molar-refractivity contribution in [1.82, 2.24) is 0 Å². The molecule has 0 bridgehead atoms. The Hall–Kier alpha value is -2.29. The smallest absolute Gasteiger partial charge is 0.167 e. The predicted octanol–water partition coefficient (Wildman–Crippen LogP) is 3.75. The number of Topliss-reactive ketones (excluding diaryl/α,β-unsaturated/α-hetero) is 1. The van der Waals surface area contributed by atoms with Gasteiger partial charge in [-0.2, -0.15) is 0 Å². The molecule has 0 atom stereocenters. The van der Waals surface area contributed by atoms with Crippen LogP contribution < -0.4 is 9.47 Å². The molecule has 0 aromatic heterocycles. The monoisotopic (exact) mass is 284 g/mol. The Morgan fingerprint density at radius 3 is 2.33 bits per heavy atom. The molecule has 110 valence electrons. The van der Waals surface area contributed by atoms with Gasteiger partial charge in [-0.25, -0.2) is 0 Å². The summed E-state index contributed by atoms with van der Waals surface area (Å²) in [6.07, 6.45) is 0.392. The van der Waals surface area contributed by atoms with Gasteiger partial charge in [0.2, 0.25) is 0 Å². The predicted molar refractivity (Wildman–Crippen MR) is 83.5 cm³/mol. The van der Waals surface area contributed by atoms with Crippen LogP contribution in [0.2, 0.25) is 0 Å². The Morgan fingerprint density at radius 1 is 0.952 bits per heavy atom. The summed E-state index contributed by atoms with van der Waals surface area (Å²) in [5, 5.41) is 0. The third-order valence-corrected chi connectivity index (χ3v) is 3.56.